The van der Waals surface area contributed by atoms with Crippen LogP contribution >= 0.6 is 7.82 Å². The molecule has 0 fully saturated rings. The highest BCUT2D eigenvalue weighted by atomic mass is 31.2. The van der Waals surface area contributed by atoms with Gasteiger partial charge in [0.1, 0.15) is 13.2 Å². The number of rotatable bonds is 58. The summed E-state index contributed by atoms with van der Waals surface area (Å²) in [5, 5.41) is 14.1. The van der Waals surface area contributed by atoms with Gasteiger partial charge < -0.3 is 19.8 Å². The number of hydrogen-bond donors (Lipinski definition) is 3. The molecule has 69 heavy (non-hydrogen) atoms. The number of quaternary nitrogens is 1. The Balaban J connectivity index is 3.91. The second kappa shape index (κ2) is 52.4. The Hall–Kier alpha value is -0.500. The molecule has 0 spiro atoms. The summed E-state index contributed by atoms with van der Waals surface area (Å²) in [6, 6.07) is -0.754. The molecule has 0 bridgehead atoms. The van der Waals surface area contributed by atoms with E-state index in [0.717, 1.165) is 38.5 Å². The zero-order valence-corrected chi connectivity index (χ0v) is 48.2. The largest absolute Gasteiger partial charge is 0.472 e. The number of amides is 1. The lowest BCUT2D eigenvalue weighted by molar-refractivity contribution is -0.870. The third-order valence-electron chi connectivity index (χ3n) is 14.6. The topological polar surface area (TPSA) is 105 Å². The first-order chi connectivity index (χ1) is 33.5. The van der Waals surface area contributed by atoms with Crippen molar-refractivity contribution in [2.45, 2.75) is 341 Å². The van der Waals surface area contributed by atoms with Gasteiger partial charge in [-0.1, -0.05) is 309 Å². The standard InChI is InChI=1S/C60H123N2O6P/c1-6-8-10-12-14-16-18-20-22-23-24-25-26-27-28-29-30-31-32-33-34-35-36-37-38-39-40-42-44-46-48-50-52-54-60(64)61-58(57-68-69(65,66)67-56-55-62(3,4)5)59(63)53-51-49-47-45-43-41-21-19-17-15-13-11-9-7-2/h58-59,63H,6-57H2,1-5H3,(H-,61,64,65,66)/p+1/t58-,59+/m0/s1. The van der Waals surface area contributed by atoms with Gasteiger partial charge in [-0.15, -0.1) is 0 Å². The van der Waals surface area contributed by atoms with Crippen LogP contribution < -0.4 is 5.32 Å². The summed E-state index contributed by atoms with van der Waals surface area (Å²) in [6.07, 6.45) is 63.3. The van der Waals surface area contributed by atoms with Gasteiger partial charge in [0, 0.05) is 6.42 Å². The number of phosphoric acid groups is 1. The third-order valence-corrected chi connectivity index (χ3v) is 15.6. The van der Waals surface area contributed by atoms with E-state index < -0.39 is 20.0 Å². The Bertz CT molecular complexity index is 1090. The highest BCUT2D eigenvalue weighted by Crippen LogP contribution is 2.43. The van der Waals surface area contributed by atoms with Gasteiger partial charge in [0.05, 0.1) is 39.9 Å². The summed E-state index contributed by atoms with van der Waals surface area (Å²) in [5.41, 5.74) is 0. The molecule has 0 heterocycles. The Morgan fingerprint density at radius 2 is 0.696 bits per heavy atom. The number of phosphoric ester groups is 1. The van der Waals surface area contributed by atoms with Crippen molar-refractivity contribution in [2.75, 3.05) is 40.9 Å². The van der Waals surface area contributed by atoms with E-state index in [1.807, 2.05) is 21.1 Å². The lowest BCUT2D eigenvalue weighted by Crippen LogP contribution is -2.46. The summed E-state index contributed by atoms with van der Waals surface area (Å²) in [7, 11) is 1.64. The van der Waals surface area contributed by atoms with E-state index in [1.54, 1.807) is 0 Å². The van der Waals surface area contributed by atoms with Crippen LogP contribution in [0.4, 0.5) is 0 Å². The lowest BCUT2D eigenvalue weighted by Gasteiger charge is -2.26. The highest BCUT2D eigenvalue weighted by molar-refractivity contribution is 7.47. The molecule has 0 aromatic carbocycles. The lowest BCUT2D eigenvalue weighted by atomic mass is 10.0. The summed E-state index contributed by atoms with van der Waals surface area (Å²) >= 11 is 0. The molecule has 0 aromatic rings. The first kappa shape index (κ1) is 68.5. The number of carbonyl (C=O) groups is 1. The van der Waals surface area contributed by atoms with Crippen LogP contribution in [0.2, 0.25) is 0 Å². The number of likely N-dealkylation sites (N-methyl/N-ethyl adjacent to an activating group) is 1. The first-order valence-electron chi connectivity index (χ1n) is 30.9. The SMILES string of the molecule is CCCCCCCCCCCCCCCCCCCCCCCCCCCCCCCCCCCC(=O)N[C@@H](COP(=O)(O)OCC[N+](C)(C)C)[C@H](O)CCCCCCCCCCCCCCCC. The monoisotopic (exact) mass is 1000 g/mol. The van der Waals surface area contributed by atoms with Crippen molar-refractivity contribution in [2.24, 2.45) is 0 Å². The third kappa shape index (κ3) is 55.1. The van der Waals surface area contributed by atoms with E-state index >= 15 is 0 Å². The predicted octanol–water partition coefficient (Wildman–Crippen LogP) is 18.8. The molecule has 3 atom stereocenters. The van der Waals surface area contributed by atoms with Crippen molar-refractivity contribution in [1.29, 1.82) is 0 Å². The Labute approximate surface area is 431 Å². The fraction of sp³-hybridized carbons (Fsp3) is 0.983. The smallest absolute Gasteiger partial charge is 0.391 e. The van der Waals surface area contributed by atoms with Gasteiger partial charge in [0.2, 0.25) is 5.91 Å². The zero-order chi connectivity index (χ0) is 50.6. The molecular weight excluding hydrogens is 876 g/mol. The van der Waals surface area contributed by atoms with Crippen LogP contribution in [0.1, 0.15) is 328 Å². The fourth-order valence-electron chi connectivity index (χ4n) is 9.76. The molecule has 0 aliphatic carbocycles. The summed E-state index contributed by atoms with van der Waals surface area (Å²) in [6.45, 7) is 4.94. The van der Waals surface area contributed by atoms with Gasteiger partial charge in [-0.25, -0.2) is 4.57 Å². The quantitative estimate of drug-likeness (QED) is 0.0318. The van der Waals surface area contributed by atoms with Crippen LogP contribution in [0.3, 0.4) is 0 Å². The van der Waals surface area contributed by atoms with Gasteiger partial charge in [-0.2, -0.15) is 0 Å². The highest BCUT2D eigenvalue weighted by Gasteiger charge is 2.28. The summed E-state index contributed by atoms with van der Waals surface area (Å²) in [4.78, 5) is 23.3. The number of nitrogens with one attached hydrogen (secondary N) is 1. The number of aliphatic hydroxyl groups excluding tert-OH is 1. The number of carbonyl (C=O) groups excluding carboxylic acids is 1. The average Bonchev–Trinajstić information content (AvgIpc) is 3.31. The fourth-order valence-corrected chi connectivity index (χ4v) is 10.5. The zero-order valence-electron chi connectivity index (χ0n) is 47.3. The maximum Gasteiger partial charge on any atom is 0.472 e. The van der Waals surface area contributed by atoms with Crippen LogP contribution in [-0.2, 0) is 18.4 Å². The van der Waals surface area contributed by atoms with Crippen molar-refractivity contribution in [1.82, 2.24) is 5.32 Å². The minimum absolute atomic E-state index is 0.0790. The van der Waals surface area contributed by atoms with Crippen molar-refractivity contribution >= 4 is 13.7 Å². The van der Waals surface area contributed by atoms with Gasteiger partial charge in [-0.05, 0) is 12.8 Å². The minimum atomic E-state index is -4.32. The van der Waals surface area contributed by atoms with E-state index in [0.29, 0.717) is 23.9 Å². The maximum atomic E-state index is 13.0. The number of aliphatic hydroxyl groups is 1. The predicted molar refractivity (Wildman–Crippen MR) is 300 cm³/mol. The summed E-state index contributed by atoms with van der Waals surface area (Å²) < 4.78 is 23.8. The van der Waals surface area contributed by atoms with E-state index in [-0.39, 0.29) is 19.1 Å². The van der Waals surface area contributed by atoms with E-state index in [4.69, 9.17) is 9.05 Å². The maximum absolute atomic E-state index is 13.0. The van der Waals surface area contributed by atoms with Gasteiger partial charge in [0.15, 0.2) is 0 Å². The molecule has 9 heteroatoms. The Morgan fingerprint density at radius 1 is 0.435 bits per heavy atom. The minimum Gasteiger partial charge on any atom is -0.391 e. The van der Waals surface area contributed by atoms with Crippen LogP contribution in [-0.4, -0.2) is 73.4 Å². The van der Waals surface area contributed by atoms with Crippen LogP contribution in [0, 0.1) is 0 Å². The van der Waals surface area contributed by atoms with Crippen molar-refractivity contribution < 1.29 is 32.9 Å². The Morgan fingerprint density at radius 3 is 0.971 bits per heavy atom. The second-order valence-corrected chi connectivity index (χ2v) is 24.3. The van der Waals surface area contributed by atoms with E-state index in [9.17, 15) is 19.4 Å². The molecule has 0 aliphatic heterocycles. The number of nitrogens with zero attached hydrogens (tertiary/aromatic N) is 1. The van der Waals surface area contributed by atoms with Gasteiger partial charge in [0.25, 0.3) is 0 Å². The molecule has 0 aliphatic rings. The molecule has 8 nitrogen and oxygen atoms in total. The van der Waals surface area contributed by atoms with E-state index in [2.05, 4.69) is 19.2 Å². The normalized spacial score (nSPS) is 13.8. The molecule has 0 aromatic heterocycles. The molecule has 414 valence electrons. The van der Waals surface area contributed by atoms with E-state index in [1.165, 1.54) is 263 Å². The molecule has 1 amide bonds. The molecule has 1 unspecified atom stereocenters. The molecule has 0 saturated carbocycles. The second-order valence-electron chi connectivity index (χ2n) is 22.8. The van der Waals surface area contributed by atoms with Crippen LogP contribution in [0.5, 0.6) is 0 Å². The van der Waals surface area contributed by atoms with Crippen LogP contribution in [0.15, 0.2) is 0 Å². The average molecular weight is 1000 g/mol. The van der Waals surface area contributed by atoms with Gasteiger partial charge in [-0.3, -0.25) is 13.8 Å². The number of hydrogen-bond acceptors (Lipinski definition) is 5. The molecule has 0 saturated heterocycles. The van der Waals surface area contributed by atoms with Gasteiger partial charge >= 0.3 is 7.82 Å². The first-order valence-corrected chi connectivity index (χ1v) is 32.4. The molecule has 0 radical (unpaired) electrons. The van der Waals surface area contributed by atoms with Crippen LogP contribution in [0.25, 0.3) is 0 Å². The molecule has 3 N–H and O–H groups in total. The van der Waals surface area contributed by atoms with Crippen molar-refractivity contribution in [3.63, 3.8) is 0 Å². The summed E-state index contributed by atoms with van der Waals surface area (Å²) in [5.74, 6) is -0.136. The molecule has 0 rings (SSSR count). The molecular formula is C60H124N2O6P+. The number of unbranched alkanes of at least 4 members (excludes halogenated alkanes) is 45. The Kier molecular flexibility index (Phi) is 52.0. The van der Waals surface area contributed by atoms with Crippen molar-refractivity contribution in [3.8, 4) is 0 Å². The van der Waals surface area contributed by atoms with Crippen molar-refractivity contribution in [3.05, 3.63) is 0 Å².